The van der Waals surface area contributed by atoms with E-state index in [4.69, 9.17) is 0 Å². The fourth-order valence-corrected chi connectivity index (χ4v) is 2.68. The van der Waals surface area contributed by atoms with Gasteiger partial charge in [0.05, 0.1) is 4.90 Å². The van der Waals surface area contributed by atoms with Crippen LogP contribution in [0.5, 0.6) is 0 Å². The van der Waals surface area contributed by atoms with Crippen molar-refractivity contribution in [3.8, 4) is 0 Å². The van der Waals surface area contributed by atoms with Crippen LogP contribution in [0.3, 0.4) is 0 Å². The molecule has 0 saturated heterocycles. The molecule has 1 aromatic carbocycles. The van der Waals surface area contributed by atoms with Crippen LogP contribution in [0.25, 0.3) is 0 Å². The summed E-state index contributed by atoms with van der Waals surface area (Å²) in [6.07, 6.45) is 0. The second-order valence-corrected chi connectivity index (χ2v) is 5.33. The standard InChI is InChI=1S/C11H9NO5S/c1-8-7-10(13)12(11(14)17-8)18(15,16)9-5-3-2-4-6-9/h2-7H,1H3. The molecule has 0 amide bonds. The van der Waals surface area contributed by atoms with Crippen molar-refractivity contribution in [3.05, 3.63) is 63.1 Å². The van der Waals surface area contributed by atoms with E-state index in [1.165, 1.54) is 31.2 Å². The molecule has 0 saturated carbocycles. The van der Waals surface area contributed by atoms with Gasteiger partial charge in [-0.1, -0.05) is 18.2 Å². The molecule has 0 N–H and O–H groups in total. The van der Waals surface area contributed by atoms with Crippen LogP contribution in [0.1, 0.15) is 5.76 Å². The van der Waals surface area contributed by atoms with E-state index in [1.807, 2.05) is 0 Å². The molecule has 6 nitrogen and oxygen atoms in total. The second-order valence-electron chi connectivity index (χ2n) is 3.54. The highest BCUT2D eigenvalue weighted by atomic mass is 32.2. The summed E-state index contributed by atoms with van der Waals surface area (Å²) in [6.45, 7) is 1.39. The SMILES string of the molecule is Cc1cc(=O)n(S(=O)(=O)c2ccccc2)c(=O)o1. The highest BCUT2D eigenvalue weighted by Gasteiger charge is 2.22. The Morgan fingerprint density at radius 2 is 1.72 bits per heavy atom. The number of hydrogen-bond acceptors (Lipinski definition) is 5. The van der Waals surface area contributed by atoms with E-state index in [9.17, 15) is 18.0 Å². The van der Waals surface area contributed by atoms with Crippen LogP contribution < -0.4 is 11.3 Å². The summed E-state index contributed by atoms with van der Waals surface area (Å²) in [5, 5.41) is 0. The topological polar surface area (TPSA) is 86.4 Å². The number of nitrogens with zero attached hydrogens (tertiary/aromatic N) is 1. The van der Waals surface area contributed by atoms with Gasteiger partial charge in [-0.2, -0.15) is 0 Å². The zero-order valence-corrected chi connectivity index (χ0v) is 10.2. The van der Waals surface area contributed by atoms with Crippen LogP contribution in [0.2, 0.25) is 0 Å². The molecular formula is C11H9NO5S. The molecular weight excluding hydrogens is 258 g/mol. The van der Waals surface area contributed by atoms with Crippen LogP contribution in [0.4, 0.5) is 0 Å². The molecule has 0 unspecified atom stereocenters. The molecule has 1 aromatic heterocycles. The van der Waals surface area contributed by atoms with Crippen LogP contribution in [0, 0.1) is 6.92 Å². The Hall–Kier alpha value is -2.15. The first-order valence-electron chi connectivity index (χ1n) is 4.97. The Balaban J connectivity index is 2.79. The minimum atomic E-state index is -4.22. The van der Waals surface area contributed by atoms with Gasteiger partial charge < -0.3 is 4.42 Å². The molecule has 1 heterocycles. The summed E-state index contributed by atoms with van der Waals surface area (Å²) >= 11 is 0. The Kier molecular flexibility index (Phi) is 2.92. The lowest BCUT2D eigenvalue weighted by Crippen LogP contribution is -2.37. The van der Waals surface area contributed by atoms with Gasteiger partial charge in [0, 0.05) is 6.07 Å². The van der Waals surface area contributed by atoms with Crippen molar-refractivity contribution >= 4 is 10.0 Å². The Morgan fingerprint density at radius 3 is 2.28 bits per heavy atom. The van der Waals surface area contributed by atoms with Gasteiger partial charge in [-0.05, 0) is 19.1 Å². The average Bonchev–Trinajstić information content (AvgIpc) is 2.28. The van der Waals surface area contributed by atoms with Gasteiger partial charge in [0.1, 0.15) is 5.76 Å². The number of benzene rings is 1. The highest BCUT2D eigenvalue weighted by Crippen LogP contribution is 2.09. The zero-order valence-electron chi connectivity index (χ0n) is 9.36. The lowest BCUT2D eigenvalue weighted by molar-refractivity contribution is 0.436. The summed E-state index contributed by atoms with van der Waals surface area (Å²) in [6, 6.07) is 8.14. The third kappa shape index (κ3) is 2.00. The first-order valence-corrected chi connectivity index (χ1v) is 6.41. The summed E-state index contributed by atoms with van der Waals surface area (Å²) in [4.78, 5) is 23.0. The lowest BCUT2D eigenvalue weighted by atomic mass is 10.4. The third-order valence-electron chi connectivity index (χ3n) is 2.22. The van der Waals surface area contributed by atoms with Crippen molar-refractivity contribution in [1.29, 1.82) is 0 Å². The van der Waals surface area contributed by atoms with E-state index in [0.717, 1.165) is 6.07 Å². The number of rotatable bonds is 2. The zero-order chi connectivity index (χ0) is 13.3. The van der Waals surface area contributed by atoms with E-state index in [-0.39, 0.29) is 14.6 Å². The van der Waals surface area contributed by atoms with Gasteiger partial charge in [0.25, 0.3) is 15.6 Å². The maximum atomic E-state index is 12.1. The highest BCUT2D eigenvalue weighted by molar-refractivity contribution is 7.89. The molecule has 2 aromatic rings. The third-order valence-corrected chi connectivity index (χ3v) is 3.90. The van der Waals surface area contributed by atoms with Gasteiger partial charge in [-0.25, -0.2) is 13.2 Å². The number of aryl methyl sites for hydroxylation is 1. The van der Waals surface area contributed by atoms with Crippen LogP contribution in [-0.2, 0) is 10.0 Å². The van der Waals surface area contributed by atoms with E-state index in [0.29, 0.717) is 0 Å². The van der Waals surface area contributed by atoms with E-state index in [2.05, 4.69) is 4.42 Å². The van der Waals surface area contributed by atoms with Crippen LogP contribution >= 0.6 is 0 Å². The van der Waals surface area contributed by atoms with Crippen molar-refractivity contribution < 1.29 is 12.8 Å². The van der Waals surface area contributed by atoms with E-state index < -0.39 is 21.3 Å². The summed E-state index contributed by atoms with van der Waals surface area (Å²) in [5.41, 5.74) is -0.937. The van der Waals surface area contributed by atoms with E-state index in [1.54, 1.807) is 6.07 Å². The first kappa shape index (κ1) is 12.3. The predicted molar refractivity (Wildman–Crippen MR) is 63.0 cm³/mol. The second kappa shape index (κ2) is 4.26. The van der Waals surface area contributed by atoms with Crippen molar-refractivity contribution in [2.45, 2.75) is 11.8 Å². The van der Waals surface area contributed by atoms with Crippen molar-refractivity contribution in [3.63, 3.8) is 0 Å². The maximum absolute atomic E-state index is 12.1. The molecule has 0 aliphatic rings. The fourth-order valence-electron chi connectivity index (χ4n) is 1.45. The maximum Gasteiger partial charge on any atom is 0.436 e. The smallest absolute Gasteiger partial charge is 0.414 e. The molecule has 0 fully saturated rings. The molecule has 0 atom stereocenters. The van der Waals surface area contributed by atoms with Crippen molar-refractivity contribution in [2.24, 2.45) is 0 Å². The van der Waals surface area contributed by atoms with Crippen LogP contribution in [0.15, 0.2) is 55.3 Å². The average molecular weight is 267 g/mol. The normalized spacial score (nSPS) is 11.4. The van der Waals surface area contributed by atoms with Gasteiger partial charge in [0.2, 0.25) is 0 Å². The fraction of sp³-hybridized carbons (Fsp3) is 0.0909. The minimum absolute atomic E-state index is 0.0597. The summed E-state index contributed by atoms with van der Waals surface area (Å²) in [7, 11) is -4.22. The molecule has 0 radical (unpaired) electrons. The molecule has 0 spiro atoms. The Morgan fingerprint density at radius 1 is 1.11 bits per heavy atom. The van der Waals surface area contributed by atoms with Gasteiger partial charge in [-0.3, -0.25) is 4.79 Å². The molecule has 94 valence electrons. The number of hydrogen-bond donors (Lipinski definition) is 0. The molecule has 2 rings (SSSR count). The van der Waals surface area contributed by atoms with Gasteiger partial charge >= 0.3 is 5.76 Å². The molecule has 0 aliphatic carbocycles. The largest absolute Gasteiger partial charge is 0.436 e. The van der Waals surface area contributed by atoms with Crippen molar-refractivity contribution in [1.82, 2.24) is 3.97 Å². The predicted octanol–water partition coefficient (Wildman–Crippen LogP) is 0.347. The summed E-state index contributed by atoms with van der Waals surface area (Å²) in [5.74, 6) is -1.16. The van der Waals surface area contributed by atoms with Crippen LogP contribution in [-0.4, -0.2) is 12.4 Å². The van der Waals surface area contributed by atoms with Gasteiger partial charge in [0.15, 0.2) is 0 Å². The lowest BCUT2D eigenvalue weighted by Gasteiger charge is -2.05. The Labute approximate surface area is 102 Å². The molecule has 18 heavy (non-hydrogen) atoms. The molecule has 0 bridgehead atoms. The number of aromatic nitrogens is 1. The molecule has 0 aliphatic heterocycles. The first-order chi connectivity index (χ1) is 8.43. The van der Waals surface area contributed by atoms with Crippen molar-refractivity contribution in [2.75, 3.05) is 0 Å². The quantitative estimate of drug-likeness (QED) is 0.783. The minimum Gasteiger partial charge on any atom is -0.414 e. The summed E-state index contributed by atoms with van der Waals surface area (Å²) < 4.78 is 28.9. The Bertz CT molecular complexity index is 755. The van der Waals surface area contributed by atoms with E-state index >= 15 is 0 Å². The monoisotopic (exact) mass is 267 g/mol. The molecule has 7 heteroatoms. The van der Waals surface area contributed by atoms with Gasteiger partial charge in [-0.15, -0.1) is 3.97 Å².